The average Bonchev–Trinajstić information content (AvgIpc) is 2.71. The predicted octanol–water partition coefficient (Wildman–Crippen LogP) is 1.03. The molecule has 1 saturated heterocycles. The molecule has 0 spiro atoms. The van der Waals surface area contributed by atoms with E-state index in [9.17, 15) is 18.0 Å². The molecule has 2 atom stereocenters. The molecule has 1 amide bonds. The Labute approximate surface area is 159 Å². The van der Waals surface area contributed by atoms with E-state index in [2.05, 4.69) is 5.32 Å². The van der Waals surface area contributed by atoms with Crippen LogP contribution < -0.4 is 5.32 Å². The van der Waals surface area contributed by atoms with Crippen molar-refractivity contribution in [3.8, 4) is 0 Å². The highest BCUT2D eigenvalue weighted by molar-refractivity contribution is 7.89. The molecule has 0 aliphatic carbocycles. The summed E-state index contributed by atoms with van der Waals surface area (Å²) in [7, 11) is -2.44. The molecule has 1 heterocycles. The Kier molecular flexibility index (Phi) is 7.34. The van der Waals surface area contributed by atoms with E-state index >= 15 is 0 Å². The minimum atomic E-state index is -3.71. The summed E-state index contributed by atoms with van der Waals surface area (Å²) >= 11 is 0. The van der Waals surface area contributed by atoms with E-state index in [1.165, 1.54) is 35.7 Å². The van der Waals surface area contributed by atoms with Gasteiger partial charge in [-0.3, -0.25) is 4.79 Å². The summed E-state index contributed by atoms with van der Waals surface area (Å²) in [5, 5.41) is 2.65. The number of carbonyl (C=O) groups excluding carboxylic acids is 2. The third-order valence-corrected chi connectivity index (χ3v) is 6.55. The molecule has 1 fully saturated rings. The molecule has 1 aromatic carbocycles. The van der Waals surface area contributed by atoms with Gasteiger partial charge in [-0.15, -0.1) is 0 Å². The van der Waals surface area contributed by atoms with Crippen LogP contribution in [0.4, 0.5) is 0 Å². The largest absolute Gasteiger partial charge is 0.467 e. The summed E-state index contributed by atoms with van der Waals surface area (Å²) in [6, 6.07) is 5.00. The highest BCUT2D eigenvalue weighted by Gasteiger charge is 2.29. The summed E-state index contributed by atoms with van der Waals surface area (Å²) in [5.41, 5.74) is 0.168. The zero-order chi connectivity index (χ0) is 20.0. The molecule has 0 radical (unpaired) electrons. The quantitative estimate of drug-likeness (QED) is 0.688. The van der Waals surface area contributed by atoms with E-state index in [1.807, 2.05) is 13.8 Å². The van der Waals surface area contributed by atoms with Gasteiger partial charge in [0.15, 0.2) is 0 Å². The van der Waals surface area contributed by atoms with Crippen molar-refractivity contribution < 1.29 is 27.5 Å². The van der Waals surface area contributed by atoms with E-state index in [0.29, 0.717) is 19.6 Å². The molecule has 0 unspecified atom stereocenters. The second-order valence-electron chi connectivity index (χ2n) is 6.40. The SMILES string of the molecule is CC[C@H](C)[C@@H](NC(=O)c1cccc(S(=O)(=O)N2CCOCC2)c1)C(=O)OC. The number of ether oxygens (including phenoxy) is 2. The summed E-state index contributed by atoms with van der Waals surface area (Å²) in [6.07, 6.45) is 0.672. The average molecular weight is 398 g/mol. The first kappa shape index (κ1) is 21.3. The van der Waals surface area contributed by atoms with Crippen LogP contribution in [-0.2, 0) is 24.3 Å². The number of nitrogens with zero attached hydrogens (tertiary/aromatic N) is 1. The molecule has 1 aromatic rings. The topological polar surface area (TPSA) is 102 Å². The standard InChI is InChI=1S/C18H26N2O6S/c1-4-13(2)16(18(22)25-3)19-17(21)14-6-5-7-15(12-14)27(23,24)20-8-10-26-11-9-20/h5-7,12-13,16H,4,8-11H2,1-3H3,(H,19,21)/t13-,16+/m0/s1. The minimum absolute atomic E-state index is 0.0372. The molecule has 8 nitrogen and oxygen atoms in total. The lowest BCUT2D eigenvalue weighted by Crippen LogP contribution is -2.45. The van der Waals surface area contributed by atoms with Crippen LogP contribution in [0.1, 0.15) is 30.6 Å². The van der Waals surface area contributed by atoms with Gasteiger partial charge in [0.2, 0.25) is 10.0 Å². The van der Waals surface area contributed by atoms with Crippen LogP contribution in [-0.4, -0.2) is 64.1 Å². The number of hydrogen-bond acceptors (Lipinski definition) is 6. The third kappa shape index (κ3) is 5.06. The summed E-state index contributed by atoms with van der Waals surface area (Å²) < 4.78 is 36.8. The van der Waals surface area contributed by atoms with Crippen molar-refractivity contribution in [3.05, 3.63) is 29.8 Å². The predicted molar refractivity (Wildman–Crippen MR) is 98.7 cm³/mol. The lowest BCUT2D eigenvalue weighted by Gasteiger charge is -2.26. The second-order valence-corrected chi connectivity index (χ2v) is 8.34. The smallest absolute Gasteiger partial charge is 0.328 e. The molecule has 27 heavy (non-hydrogen) atoms. The summed E-state index contributed by atoms with van der Waals surface area (Å²) in [6.45, 7) is 4.97. The summed E-state index contributed by atoms with van der Waals surface area (Å²) in [4.78, 5) is 24.6. The first-order chi connectivity index (χ1) is 12.8. The Morgan fingerprint density at radius 1 is 1.30 bits per heavy atom. The summed E-state index contributed by atoms with van der Waals surface area (Å²) in [5.74, 6) is -1.18. The van der Waals surface area contributed by atoms with Crippen LogP contribution in [0.25, 0.3) is 0 Å². The maximum Gasteiger partial charge on any atom is 0.328 e. The Morgan fingerprint density at radius 3 is 2.56 bits per heavy atom. The number of nitrogens with one attached hydrogen (secondary N) is 1. The van der Waals surface area contributed by atoms with Gasteiger partial charge in [0.05, 0.1) is 25.2 Å². The van der Waals surface area contributed by atoms with Crippen LogP contribution in [0, 0.1) is 5.92 Å². The number of esters is 1. The van der Waals surface area contributed by atoms with Crippen molar-refractivity contribution in [2.45, 2.75) is 31.2 Å². The van der Waals surface area contributed by atoms with Gasteiger partial charge < -0.3 is 14.8 Å². The number of rotatable bonds is 7. The van der Waals surface area contributed by atoms with Crippen molar-refractivity contribution in [2.75, 3.05) is 33.4 Å². The maximum absolute atomic E-state index is 12.8. The molecule has 150 valence electrons. The molecule has 0 aromatic heterocycles. The van der Waals surface area contributed by atoms with Crippen LogP contribution >= 0.6 is 0 Å². The van der Waals surface area contributed by atoms with Crippen molar-refractivity contribution in [3.63, 3.8) is 0 Å². The fourth-order valence-corrected chi connectivity index (χ4v) is 4.21. The van der Waals surface area contributed by atoms with Gasteiger partial charge in [0.1, 0.15) is 6.04 Å². The van der Waals surface area contributed by atoms with Crippen LogP contribution in [0.2, 0.25) is 0 Å². The molecule has 0 bridgehead atoms. The highest BCUT2D eigenvalue weighted by Crippen LogP contribution is 2.19. The molecule has 1 aliphatic heterocycles. The minimum Gasteiger partial charge on any atom is -0.467 e. The molecule has 2 rings (SSSR count). The number of methoxy groups -OCH3 is 1. The third-order valence-electron chi connectivity index (χ3n) is 4.66. The van der Waals surface area contributed by atoms with Crippen molar-refractivity contribution in [1.29, 1.82) is 0 Å². The zero-order valence-electron chi connectivity index (χ0n) is 15.8. The van der Waals surface area contributed by atoms with Crippen LogP contribution in [0.3, 0.4) is 0 Å². The Balaban J connectivity index is 2.22. The van der Waals surface area contributed by atoms with Gasteiger partial charge in [-0.2, -0.15) is 4.31 Å². The Morgan fingerprint density at radius 2 is 1.96 bits per heavy atom. The Bertz CT molecular complexity index is 774. The van der Waals surface area contributed by atoms with Gasteiger partial charge in [-0.1, -0.05) is 26.3 Å². The van der Waals surface area contributed by atoms with Gasteiger partial charge >= 0.3 is 5.97 Å². The van der Waals surface area contributed by atoms with E-state index in [4.69, 9.17) is 9.47 Å². The molecule has 1 N–H and O–H groups in total. The normalized spacial score (nSPS) is 17.7. The van der Waals surface area contributed by atoms with Gasteiger partial charge in [-0.05, 0) is 24.1 Å². The zero-order valence-corrected chi connectivity index (χ0v) is 16.6. The maximum atomic E-state index is 12.8. The van der Waals surface area contributed by atoms with Crippen molar-refractivity contribution >= 4 is 21.9 Å². The monoisotopic (exact) mass is 398 g/mol. The van der Waals surface area contributed by atoms with Gasteiger partial charge in [0.25, 0.3) is 5.91 Å². The molecular formula is C18H26N2O6S. The lowest BCUT2D eigenvalue weighted by molar-refractivity contribution is -0.144. The lowest BCUT2D eigenvalue weighted by atomic mass is 9.99. The van der Waals surface area contributed by atoms with Crippen LogP contribution in [0.5, 0.6) is 0 Å². The fourth-order valence-electron chi connectivity index (χ4n) is 2.75. The van der Waals surface area contributed by atoms with Crippen molar-refractivity contribution in [2.24, 2.45) is 5.92 Å². The number of carbonyl (C=O) groups is 2. The number of benzene rings is 1. The number of amides is 1. The number of hydrogen-bond donors (Lipinski definition) is 1. The fraction of sp³-hybridized carbons (Fsp3) is 0.556. The van der Waals surface area contributed by atoms with Crippen LogP contribution in [0.15, 0.2) is 29.2 Å². The van der Waals surface area contributed by atoms with Crippen molar-refractivity contribution in [1.82, 2.24) is 9.62 Å². The van der Waals surface area contributed by atoms with E-state index in [1.54, 1.807) is 0 Å². The molecular weight excluding hydrogens is 372 g/mol. The van der Waals surface area contributed by atoms with E-state index < -0.39 is 27.9 Å². The molecule has 0 saturated carbocycles. The number of sulfonamides is 1. The van der Waals surface area contributed by atoms with Gasteiger partial charge in [0, 0.05) is 18.7 Å². The highest BCUT2D eigenvalue weighted by atomic mass is 32.2. The van der Waals surface area contributed by atoms with Gasteiger partial charge in [-0.25, -0.2) is 13.2 Å². The first-order valence-corrected chi connectivity index (χ1v) is 10.3. The Hall–Kier alpha value is -1.97. The molecule has 1 aliphatic rings. The second kappa shape index (κ2) is 9.29. The van der Waals surface area contributed by atoms with E-state index in [-0.39, 0.29) is 29.5 Å². The number of morpholine rings is 1. The first-order valence-electron chi connectivity index (χ1n) is 8.88. The van der Waals surface area contributed by atoms with E-state index in [0.717, 1.165) is 0 Å². The molecule has 9 heteroatoms.